The Morgan fingerprint density at radius 2 is 2.18 bits per heavy atom. The van der Waals surface area contributed by atoms with Gasteiger partial charge in [-0.1, -0.05) is 22.9 Å². The van der Waals surface area contributed by atoms with Crippen molar-refractivity contribution in [1.29, 1.82) is 0 Å². The summed E-state index contributed by atoms with van der Waals surface area (Å²) >= 11 is 6.98. The van der Waals surface area contributed by atoms with Crippen molar-refractivity contribution in [3.8, 4) is 0 Å². The number of rotatable bonds is 5. The molecule has 0 N–H and O–H groups in total. The predicted molar refractivity (Wildman–Crippen MR) is 69.1 cm³/mol. The Bertz CT molecular complexity index is 420. The fourth-order valence-electron chi connectivity index (χ4n) is 1.13. The Morgan fingerprint density at radius 3 is 2.59 bits per heavy atom. The second-order valence-corrected chi connectivity index (χ2v) is 4.94. The second-order valence-electron chi connectivity index (χ2n) is 3.57. The molecule has 0 bridgehead atoms. The van der Waals surface area contributed by atoms with Crippen molar-refractivity contribution >= 4 is 40.3 Å². The van der Waals surface area contributed by atoms with Gasteiger partial charge in [0, 0.05) is 20.6 Å². The molecule has 1 aromatic heterocycles. The van der Waals surface area contributed by atoms with Gasteiger partial charge in [0.2, 0.25) is 5.91 Å². The van der Waals surface area contributed by atoms with Gasteiger partial charge in [0.15, 0.2) is 16.6 Å². The molecule has 1 amide bonds. The third kappa shape index (κ3) is 3.41. The molecule has 0 aromatic carbocycles. The van der Waals surface area contributed by atoms with Crippen LogP contribution in [0.1, 0.15) is 16.6 Å². The maximum atomic E-state index is 11.6. The van der Waals surface area contributed by atoms with E-state index in [1.165, 1.54) is 16.2 Å². The first-order valence-electron chi connectivity index (χ1n) is 5.06. The molecule has 0 radical (unpaired) electrons. The first-order valence-corrected chi connectivity index (χ1v) is 6.25. The Kier molecular flexibility index (Phi) is 4.89. The van der Waals surface area contributed by atoms with Crippen LogP contribution >= 0.6 is 22.9 Å². The lowest BCUT2D eigenvalue weighted by Gasteiger charge is -2.21. The number of carbonyl (C=O) groups is 2. The molecule has 0 spiro atoms. The highest BCUT2D eigenvalue weighted by molar-refractivity contribution is 7.17. The fraction of sp³-hybridized carbons (Fsp3) is 0.500. The van der Waals surface area contributed by atoms with E-state index in [1.54, 1.807) is 19.0 Å². The van der Waals surface area contributed by atoms with Crippen LogP contribution in [0.2, 0.25) is 5.15 Å². The van der Waals surface area contributed by atoms with Crippen LogP contribution in [0.25, 0.3) is 0 Å². The lowest BCUT2D eigenvalue weighted by Crippen LogP contribution is -2.36. The number of amides is 1. The molecule has 7 heteroatoms. The van der Waals surface area contributed by atoms with Crippen molar-refractivity contribution in [3.63, 3.8) is 0 Å². The maximum absolute atomic E-state index is 11.6. The lowest BCUT2D eigenvalue weighted by molar-refractivity contribution is -0.127. The van der Waals surface area contributed by atoms with Gasteiger partial charge in [0.25, 0.3) is 0 Å². The average Bonchev–Trinajstić information content (AvgIpc) is 2.66. The number of halogens is 1. The molecular formula is C10H14ClN3O2S. The van der Waals surface area contributed by atoms with Gasteiger partial charge < -0.3 is 9.80 Å². The smallest absolute Gasteiger partial charge is 0.241 e. The third-order valence-electron chi connectivity index (χ3n) is 2.18. The van der Waals surface area contributed by atoms with Crippen molar-refractivity contribution in [2.75, 3.05) is 32.1 Å². The molecule has 0 aliphatic carbocycles. The van der Waals surface area contributed by atoms with E-state index in [0.717, 1.165) is 0 Å². The van der Waals surface area contributed by atoms with E-state index in [2.05, 4.69) is 4.98 Å². The molecule has 0 unspecified atom stereocenters. The summed E-state index contributed by atoms with van der Waals surface area (Å²) in [6, 6.07) is 0. The topological polar surface area (TPSA) is 53.5 Å². The quantitative estimate of drug-likeness (QED) is 0.765. The molecular weight excluding hydrogens is 262 g/mol. The van der Waals surface area contributed by atoms with Crippen LogP contribution in [-0.2, 0) is 4.79 Å². The first-order chi connectivity index (χ1) is 7.99. The summed E-state index contributed by atoms with van der Waals surface area (Å²) in [4.78, 5) is 30.0. The normalized spacial score (nSPS) is 10.1. The van der Waals surface area contributed by atoms with E-state index in [0.29, 0.717) is 22.8 Å². The number of nitrogens with zero attached hydrogens (tertiary/aromatic N) is 3. The summed E-state index contributed by atoms with van der Waals surface area (Å²) in [7, 11) is 3.39. The van der Waals surface area contributed by atoms with Crippen LogP contribution in [0, 0.1) is 0 Å². The van der Waals surface area contributed by atoms with Crippen LogP contribution in [0.3, 0.4) is 0 Å². The molecule has 0 fully saturated rings. The van der Waals surface area contributed by atoms with Crippen LogP contribution in [0.5, 0.6) is 0 Å². The number of aromatic nitrogens is 1. The third-order valence-corrected chi connectivity index (χ3v) is 3.62. The SMILES string of the molecule is CCN(CC(=O)N(C)C)c1nc(Cl)c(C=O)s1. The van der Waals surface area contributed by atoms with Gasteiger partial charge in [-0.05, 0) is 6.92 Å². The van der Waals surface area contributed by atoms with E-state index in [4.69, 9.17) is 11.6 Å². The van der Waals surface area contributed by atoms with Gasteiger partial charge in [-0.2, -0.15) is 0 Å². The molecule has 1 heterocycles. The highest BCUT2D eigenvalue weighted by atomic mass is 35.5. The maximum Gasteiger partial charge on any atom is 0.241 e. The number of hydrogen-bond donors (Lipinski definition) is 0. The summed E-state index contributed by atoms with van der Waals surface area (Å²) in [5.41, 5.74) is 0. The zero-order valence-electron chi connectivity index (χ0n) is 9.94. The number of hydrogen-bond acceptors (Lipinski definition) is 5. The van der Waals surface area contributed by atoms with Gasteiger partial charge in [0.05, 0.1) is 6.54 Å². The van der Waals surface area contributed by atoms with Crippen molar-refractivity contribution < 1.29 is 9.59 Å². The van der Waals surface area contributed by atoms with Gasteiger partial charge in [-0.15, -0.1) is 0 Å². The molecule has 0 atom stereocenters. The predicted octanol–water partition coefficient (Wildman–Crippen LogP) is 1.52. The summed E-state index contributed by atoms with van der Waals surface area (Å²) in [6.07, 6.45) is 0.672. The number of aldehydes is 1. The van der Waals surface area contributed by atoms with Gasteiger partial charge in [0.1, 0.15) is 4.88 Å². The van der Waals surface area contributed by atoms with Gasteiger partial charge >= 0.3 is 0 Å². The largest absolute Gasteiger partial charge is 0.347 e. The molecule has 5 nitrogen and oxygen atoms in total. The summed E-state index contributed by atoms with van der Waals surface area (Å²) in [5.74, 6) is -0.0224. The van der Waals surface area contributed by atoms with Crippen LogP contribution in [0.4, 0.5) is 5.13 Å². The molecule has 1 aromatic rings. The highest BCUT2D eigenvalue weighted by Crippen LogP contribution is 2.28. The number of thiazole rings is 1. The molecule has 94 valence electrons. The molecule has 0 saturated heterocycles. The van der Waals surface area contributed by atoms with Crippen LogP contribution in [0.15, 0.2) is 0 Å². The Labute approximate surface area is 109 Å². The standard InChI is InChI=1S/C10H14ClN3O2S/c1-4-14(5-8(16)13(2)3)10-12-9(11)7(6-15)17-10/h6H,4-5H2,1-3H3. The van der Waals surface area contributed by atoms with Crippen LogP contribution in [-0.4, -0.2) is 49.3 Å². The van der Waals surface area contributed by atoms with E-state index >= 15 is 0 Å². The number of carbonyl (C=O) groups excluding carboxylic acids is 2. The summed E-state index contributed by atoms with van der Waals surface area (Å²) < 4.78 is 0. The monoisotopic (exact) mass is 275 g/mol. The Morgan fingerprint density at radius 1 is 1.53 bits per heavy atom. The van der Waals surface area contributed by atoms with Crippen LogP contribution < -0.4 is 4.90 Å². The Hall–Kier alpha value is -1.14. The molecule has 0 aliphatic rings. The average molecular weight is 276 g/mol. The van der Waals surface area contributed by atoms with Crippen molar-refractivity contribution in [3.05, 3.63) is 10.0 Å². The van der Waals surface area contributed by atoms with E-state index < -0.39 is 0 Å². The minimum Gasteiger partial charge on any atom is -0.347 e. The van der Waals surface area contributed by atoms with E-state index in [1.807, 2.05) is 6.92 Å². The van der Waals surface area contributed by atoms with Crippen molar-refractivity contribution in [2.45, 2.75) is 6.92 Å². The zero-order chi connectivity index (χ0) is 13.0. The van der Waals surface area contributed by atoms with Gasteiger partial charge in [-0.3, -0.25) is 9.59 Å². The zero-order valence-corrected chi connectivity index (χ0v) is 11.5. The van der Waals surface area contributed by atoms with Gasteiger partial charge in [-0.25, -0.2) is 4.98 Å². The van der Waals surface area contributed by atoms with E-state index in [-0.39, 0.29) is 17.6 Å². The fourth-order valence-corrected chi connectivity index (χ4v) is 2.25. The Balaban J connectivity index is 2.86. The number of likely N-dealkylation sites (N-methyl/N-ethyl adjacent to an activating group) is 2. The summed E-state index contributed by atoms with van der Waals surface area (Å²) in [6.45, 7) is 2.77. The number of anilines is 1. The highest BCUT2D eigenvalue weighted by Gasteiger charge is 2.17. The van der Waals surface area contributed by atoms with E-state index in [9.17, 15) is 9.59 Å². The summed E-state index contributed by atoms with van der Waals surface area (Å²) in [5, 5.41) is 0.783. The molecule has 0 saturated carbocycles. The van der Waals surface area contributed by atoms with Crippen molar-refractivity contribution in [2.24, 2.45) is 0 Å². The molecule has 0 aliphatic heterocycles. The first kappa shape index (κ1) is 13.9. The molecule has 17 heavy (non-hydrogen) atoms. The van der Waals surface area contributed by atoms with Crippen molar-refractivity contribution in [1.82, 2.24) is 9.88 Å². The minimum absolute atomic E-state index is 0.0224. The minimum atomic E-state index is -0.0224. The molecule has 1 rings (SSSR count). The lowest BCUT2D eigenvalue weighted by atomic mass is 10.5. The second kappa shape index (κ2) is 5.97.